The van der Waals surface area contributed by atoms with E-state index in [4.69, 9.17) is 24.4 Å². The molecule has 1 atom stereocenters. The minimum atomic E-state index is -1.24. The number of unbranched alkanes of at least 4 members (excludes halogenated alkanes) is 12. The van der Waals surface area contributed by atoms with Gasteiger partial charge in [0, 0.05) is 58.8 Å². The van der Waals surface area contributed by atoms with Crippen molar-refractivity contribution in [1.29, 1.82) is 0 Å². The number of rotatable bonds is 37. The Morgan fingerprint density at radius 2 is 0.940 bits per heavy atom. The summed E-state index contributed by atoms with van der Waals surface area (Å²) in [7, 11) is 0. The molecule has 0 saturated heterocycles. The van der Waals surface area contributed by atoms with Gasteiger partial charge in [0.05, 0.1) is 0 Å². The summed E-state index contributed by atoms with van der Waals surface area (Å²) in [5, 5.41) is 25.6. The zero-order chi connectivity index (χ0) is 37.1. The van der Waals surface area contributed by atoms with Crippen LogP contribution in [0.15, 0.2) is 0 Å². The van der Waals surface area contributed by atoms with Crippen LogP contribution in [0.1, 0.15) is 135 Å². The summed E-state index contributed by atoms with van der Waals surface area (Å²) >= 11 is 0. The first-order valence-electron chi connectivity index (χ1n) is 18.6. The van der Waals surface area contributed by atoms with E-state index in [1.165, 1.54) is 51.9 Å². The molecule has 0 aromatic carbocycles. The lowest BCUT2D eigenvalue weighted by Crippen LogP contribution is -2.43. The van der Waals surface area contributed by atoms with Crippen molar-refractivity contribution in [2.75, 3.05) is 52.7 Å². The summed E-state index contributed by atoms with van der Waals surface area (Å²) in [6.45, 7) is 3.87. The molecule has 0 fully saturated rings. The van der Waals surface area contributed by atoms with Gasteiger partial charge >= 0.3 is 11.9 Å². The Hall–Kier alpha value is -3.10. The summed E-state index contributed by atoms with van der Waals surface area (Å²) in [5.41, 5.74) is 0. The summed E-state index contributed by atoms with van der Waals surface area (Å²) in [6, 6.07) is -1.19. The van der Waals surface area contributed by atoms with Gasteiger partial charge in [-0.15, -0.1) is 0 Å². The smallest absolute Gasteiger partial charge is 0.326 e. The average molecular weight is 716 g/mol. The number of ketones is 1. The van der Waals surface area contributed by atoms with Crippen LogP contribution in [0.2, 0.25) is 0 Å². The van der Waals surface area contributed by atoms with Gasteiger partial charge in [-0.05, 0) is 51.9 Å². The molecule has 290 valence electrons. The highest BCUT2D eigenvalue weighted by Gasteiger charge is 2.20. The molecule has 3 amide bonds. The number of hydrogen-bond acceptors (Lipinski definition) is 9. The van der Waals surface area contributed by atoms with Gasteiger partial charge in [-0.25, -0.2) is 4.79 Å². The Balaban J connectivity index is 3.41. The summed E-state index contributed by atoms with van der Waals surface area (Å²) < 4.78 is 16.2. The van der Waals surface area contributed by atoms with Gasteiger partial charge in [0.25, 0.3) is 0 Å². The molecule has 0 unspecified atom stereocenters. The van der Waals surface area contributed by atoms with E-state index in [0.717, 1.165) is 51.4 Å². The number of Topliss-reactive ketones (excluding diaryl/α,β-unsaturated/α-hetero) is 1. The minimum Gasteiger partial charge on any atom is -0.481 e. The maximum atomic E-state index is 12.0. The molecule has 5 N–H and O–H groups in total. The second-order valence-electron chi connectivity index (χ2n) is 12.7. The van der Waals surface area contributed by atoms with Crippen molar-refractivity contribution in [1.82, 2.24) is 16.0 Å². The van der Waals surface area contributed by atoms with Crippen LogP contribution in [0, 0.1) is 0 Å². The molecule has 0 aliphatic carbocycles. The van der Waals surface area contributed by atoms with Gasteiger partial charge in [-0.1, -0.05) is 64.2 Å². The second kappa shape index (κ2) is 34.4. The number of aliphatic carboxylic acids is 2. The fraction of sp³-hybridized carbons (Fsp3) is 0.833. The molecular weight excluding hydrogens is 650 g/mol. The van der Waals surface area contributed by atoms with Crippen molar-refractivity contribution in [2.24, 2.45) is 0 Å². The Labute approximate surface area is 298 Å². The molecule has 0 aliphatic rings. The van der Waals surface area contributed by atoms with Gasteiger partial charge in [0.1, 0.15) is 25.0 Å². The standard InChI is InChI=1S/C36H65N3O11/c1-30(40)20-21-31(36(46)47)39-34(43)29-50-28-33(42)38-23-17-27-49-25-15-14-24-48-26-16-22-37-32(41)18-12-10-8-6-4-2-3-5-7-9-11-13-19-35(44)45/h31H,2-29H2,1H3,(H,37,41)(H,38,42)(H,39,43)(H,44,45)(H,46,47)/t31-/m0/s1. The average Bonchev–Trinajstić information content (AvgIpc) is 3.06. The van der Waals surface area contributed by atoms with Crippen molar-refractivity contribution in [3.63, 3.8) is 0 Å². The van der Waals surface area contributed by atoms with Crippen molar-refractivity contribution in [2.45, 2.75) is 141 Å². The third-order valence-electron chi connectivity index (χ3n) is 7.83. The van der Waals surface area contributed by atoms with Gasteiger partial charge in [-0.3, -0.25) is 19.2 Å². The Morgan fingerprint density at radius 3 is 1.42 bits per heavy atom. The highest BCUT2D eigenvalue weighted by atomic mass is 16.5. The predicted molar refractivity (Wildman–Crippen MR) is 189 cm³/mol. The van der Waals surface area contributed by atoms with E-state index < -0.39 is 36.4 Å². The van der Waals surface area contributed by atoms with Crippen LogP contribution in [0.4, 0.5) is 0 Å². The topological polar surface area (TPSA) is 207 Å². The van der Waals surface area contributed by atoms with Crippen LogP contribution in [0.5, 0.6) is 0 Å². The first-order valence-corrected chi connectivity index (χ1v) is 18.6. The number of carbonyl (C=O) groups excluding carboxylic acids is 4. The van der Waals surface area contributed by atoms with Crippen molar-refractivity contribution >= 4 is 35.4 Å². The van der Waals surface area contributed by atoms with Crippen molar-refractivity contribution in [3.8, 4) is 0 Å². The molecule has 50 heavy (non-hydrogen) atoms. The minimum absolute atomic E-state index is 0.0119. The molecule has 14 nitrogen and oxygen atoms in total. The molecule has 0 aromatic rings. The largest absolute Gasteiger partial charge is 0.481 e. The lowest BCUT2D eigenvalue weighted by atomic mass is 10.0. The quantitative estimate of drug-likeness (QED) is 0.0573. The van der Waals surface area contributed by atoms with Crippen molar-refractivity contribution < 1.29 is 53.2 Å². The van der Waals surface area contributed by atoms with Gasteiger partial charge in [0.2, 0.25) is 17.7 Å². The monoisotopic (exact) mass is 715 g/mol. The van der Waals surface area contributed by atoms with E-state index in [1.54, 1.807) is 0 Å². The SMILES string of the molecule is CC(=O)CC[C@H](NC(=O)COCC(=O)NCCCOCCCCOCCCNC(=O)CCCCCCCCCCCCCCC(=O)O)C(=O)O. The molecule has 0 spiro atoms. The Morgan fingerprint density at radius 1 is 0.500 bits per heavy atom. The highest BCUT2D eigenvalue weighted by Crippen LogP contribution is 2.13. The van der Waals surface area contributed by atoms with Crippen LogP contribution < -0.4 is 16.0 Å². The van der Waals surface area contributed by atoms with Crippen LogP contribution in [0.25, 0.3) is 0 Å². The third-order valence-corrected chi connectivity index (χ3v) is 7.83. The predicted octanol–water partition coefficient (Wildman–Crippen LogP) is 4.31. The Kier molecular flexibility index (Phi) is 32.2. The van der Waals surface area contributed by atoms with E-state index >= 15 is 0 Å². The molecule has 0 rings (SSSR count). The maximum absolute atomic E-state index is 12.0. The summed E-state index contributed by atoms with van der Waals surface area (Å²) in [6.07, 6.45) is 17.6. The van der Waals surface area contributed by atoms with Gasteiger partial charge in [-0.2, -0.15) is 0 Å². The second-order valence-corrected chi connectivity index (χ2v) is 12.7. The number of carboxylic acid groups (broad SMARTS) is 2. The van der Waals surface area contributed by atoms with E-state index in [1.807, 2.05) is 0 Å². The maximum Gasteiger partial charge on any atom is 0.326 e. The fourth-order valence-electron chi connectivity index (χ4n) is 4.96. The van der Waals surface area contributed by atoms with E-state index in [-0.39, 0.29) is 37.6 Å². The van der Waals surface area contributed by atoms with Crippen LogP contribution in [0.3, 0.4) is 0 Å². The summed E-state index contributed by atoms with van der Waals surface area (Å²) in [4.78, 5) is 68.3. The first-order chi connectivity index (χ1) is 24.1. The first kappa shape index (κ1) is 46.9. The molecule has 0 aliphatic heterocycles. The number of amides is 3. The number of carbonyl (C=O) groups is 6. The summed E-state index contributed by atoms with van der Waals surface area (Å²) in [5.74, 6) is -3.08. The molecule has 0 radical (unpaired) electrons. The zero-order valence-electron chi connectivity index (χ0n) is 30.4. The third kappa shape index (κ3) is 34.8. The normalized spacial score (nSPS) is 11.5. The number of ether oxygens (including phenoxy) is 3. The molecule has 0 aromatic heterocycles. The fourth-order valence-corrected chi connectivity index (χ4v) is 4.96. The van der Waals surface area contributed by atoms with E-state index in [0.29, 0.717) is 52.4 Å². The molecule has 0 saturated carbocycles. The molecule has 0 heterocycles. The van der Waals surface area contributed by atoms with Crippen molar-refractivity contribution in [3.05, 3.63) is 0 Å². The zero-order valence-corrected chi connectivity index (χ0v) is 30.4. The Bertz CT molecular complexity index is 933. The van der Waals surface area contributed by atoms with Gasteiger partial charge in [0.15, 0.2) is 0 Å². The van der Waals surface area contributed by atoms with E-state index in [2.05, 4.69) is 16.0 Å². The molecular formula is C36H65N3O11. The molecule has 0 bridgehead atoms. The number of carboxylic acids is 2. The lowest BCUT2D eigenvalue weighted by molar-refractivity contribution is -0.143. The van der Waals surface area contributed by atoms with Crippen LogP contribution >= 0.6 is 0 Å². The highest BCUT2D eigenvalue weighted by molar-refractivity contribution is 5.85. The van der Waals surface area contributed by atoms with Gasteiger partial charge < -0.3 is 45.2 Å². The van der Waals surface area contributed by atoms with Crippen LogP contribution in [-0.2, 0) is 43.0 Å². The van der Waals surface area contributed by atoms with Crippen LogP contribution in [-0.4, -0.2) is 104 Å². The number of nitrogens with one attached hydrogen (secondary N) is 3. The van der Waals surface area contributed by atoms with E-state index in [9.17, 15) is 28.8 Å². The lowest BCUT2D eigenvalue weighted by Gasteiger charge is -2.13. The molecule has 14 heteroatoms. The number of hydrogen-bond donors (Lipinski definition) is 5.